The minimum atomic E-state index is -0.501. The smallest absolute Gasteiger partial charge is 0.253 e. The van der Waals surface area contributed by atoms with E-state index in [1.807, 2.05) is 4.90 Å². The Kier molecular flexibility index (Phi) is 5.19. The summed E-state index contributed by atoms with van der Waals surface area (Å²) >= 11 is 5.98. The molecule has 2 heterocycles. The summed E-state index contributed by atoms with van der Waals surface area (Å²) in [5.74, 6) is -0.534. The molecule has 2 aromatic rings. The summed E-state index contributed by atoms with van der Waals surface area (Å²) in [6.45, 7) is 2.57. The lowest BCUT2D eigenvalue weighted by molar-refractivity contribution is 0.0766. The van der Waals surface area contributed by atoms with Gasteiger partial charge in [0, 0.05) is 49.2 Å². The van der Waals surface area contributed by atoms with E-state index in [-0.39, 0.29) is 5.91 Å². The number of aromatic nitrogens is 1. The molecule has 2 amide bonds. The number of amides is 2. The van der Waals surface area contributed by atoms with Gasteiger partial charge in [-0.05, 0) is 30.7 Å². The molecule has 0 atom stereocenters. The highest BCUT2D eigenvalue weighted by Gasteiger charge is 2.22. The lowest BCUT2D eigenvalue weighted by Crippen LogP contribution is -2.35. The molecule has 7 heteroatoms. The standard InChI is InChI=1S/C18H19ClN4O2/c19-14-4-1-3-13(11-14)18(25)23-8-2-7-22(9-10-23)16-5-6-21-12-15(16)17(20)24/h1,3-6,11-12H,2,7-10H2,(H2,20,24). The minimum absolute atomic E-state index is 0.0331. The largest absolute Gasteiger partial charge is 0.369 e. The summed E-state index contributed by atoms with van der Waals surface area (Å²) < 4.78 is 0. The molecule has 3 rings (SSSR count). The zero-order chi connectivity index (χ0) is 17.8. The van der Waals surface area contributed by atoms with E-state index in [4.69, 9.17) is 17.3 Å². The molecule has 0 spiro atoms. The van der Waals surface area contributed by atoms with Crippen molar-refractivity contribution >= 4 is 29.1 Å². The Morgan fingerprint density at radius 2 is 1.96 bits per heavy atom. The molecule has 1 fully saturated rings. The summed E-state index contributed by atoms with van der Waals surface area (Å²) in [6.07, 6.45) is 3.92. The number of hydrogen-bond donors (Lipinski definition) is 1. The Hall–Kier alpha value is -2.60. The van der Waals surface area contributed by atoms with Crippen LogP contribution in [0.5, 0.6) is 0 Å². The Balaban J connectivity index is 1.75. The first-order chi connectivity index (χ1) is 12.1. The van der Waals surface area contributed by atoms with Gasteiger partial charge < -0.3 is 15.5 Å². The molecular formula is C18H19ClN4O2. The number of carbonyl (C=O) groups excluding carboxylic acids is 2. The first-order valence-electron chi connectivity index (χ1n) is 8.10. The fraction of sp³-hybridized carbons (Fsp3) is 0.278. The SMILES string of the molecule is NC(=O)c1cnccc1N1CCCN(C(=O)c2cccc(Cl)c2)CC1. The molecule has 1 saturated heterocycles. The van der Waals surface area contributed by atoms with Gasteiger partial charge in [0.05, 0.1) is 11.3 Å². The van der Waals surface area contributed by atoms with E-state index in [0.717, 1.165) is 18.7 Å². The second-order valence-electron chi connectivity index (χ2n) is 5.90. The molecule has 0 aliphatic carbocycles. The van der Waals surface area contributed by atoms with Gasteiger partial charge in [0.1, 0.15) is 0 Å². The molecular weight excluding hydrogens is 340 g/mol. The van der Waals surface area contributed by atoms with Crippen molar-refractivity contribution in [2.45, 2.75) is 6.42 Å². The second-order valence-corrected chi connectivity index (χ2v) is 6.34. The van der Waals surface area contributed by atoms with E-state index in [1.165, 1.54) is 6.20 Å². The zero-order valence-electron chi connectivity index (χ0n) is 13.7. The van der Waals surface area contributed by atoms with Crippen LogP contribution in [0.1, 0.15) is 27.1 Å². The number of nitrogens with two attached hydrogens (primary N) is 1. The van der Waals surface area contributed by atoms with Crippen molar-refractivity contribution < 1.29 is 9.59 Å². The quantitative estimate of drug-likeness (QED) is 0.912. The highest BCUT2D eigenvalue weighted by atomic mass is 35.5. The molecule has 6 nitrogen and oxygen atoms in total. The summed E-state index contributed by atoms with van der Waals surface area (Å²) in [5, 5.41) is 0.546. The number of nitrogens with zero attached hydrogens (tertiary/aromatic N) is 3. The van der Waals surface area contributed by atoms with Crippen LogP contribution < -0.4 is 10.6 Å². The van der Waals surface area contributed by atoms with Gasteiger partial charge in [0.2, 0.25) is 0 Å². The molecule has 1 aliphatic heterocycles. The van der Waals surface area contributed by atoms with Crippen LogP contribution in [0, 0.1) is 0 Å². The van der Waals surface area contributed by atoms with Crippen molar-refractivity contribution in [2.24, 2.45) is 5.73 Å². The molecule has 25 heavy (non-hydrogen) atoms. The molecule has 0 radical (unpaired) electrons. The summed E-state index contributed by atoms with van der Waals surface area (Å²) in [5.41, 5.74) is 7.19. The van der Waals surface area contributed by atoms with Crippen molar-refractivity contribution in [1.29, 1.82) is 0 Å². The Morgan fingerprint density at radius 1 is 1.12 bits per heavy atom. The van der Waals surface area contributed by atoms with Crippen LogP contribution in [-0.2, 0) is 0 Å². The van der Waals surface area contributed by atoms with Crippen LogP contribution in [0.25, 0.3) is 0 Å². The third-order valence-corrected chi connectivity index (χ3v) is 4.49. The van der Waals surface area contributed by atoms with E-state index >= 15 is 0 Å². The van der Waals surface area contributed by atoms with Crippen LogP contribution in [0.15, 0.2) is 42.7 Å². The predicted octanol–water partition coefficient (Wildman–Crippen LogP) is 2.19. The Morgan fingerprint density at radius 3 is 2.72 bits per heavy atom. The molecule has 130 valence electrons. The van der Waals surface area contributed by atoms with Crippen LogP contribution in [0.4, 0.5) is 5.69 Å². The van der Waals surface area contributed by atoms with E-state index < -0.39 is 5.91 Å². The third kappa shape index (κ3) is 3.91. The van der Waals surface area contributed by atoms with Crippen LogP contribution >= 0.6 is 11.6 Å². The van der Waals surface area contributed by atoms with E-state index in [1.54, 1.807) is 36.5 Å². The molecule has 1 aromatic carbocycles. The van der Waals surface area contributed by atoms with Crippen LogP contribution in [0.2, 0.25) is 5.02 Å². The third-order valence-electron chi connectivity index (χ3n) is 4.26. The zero-order valence-corrected chi connectivity index (χ0v) is 14.4. The fourth-order valence-electron chi connectivity index (χ4n) is 3.02. The fourth-order valence-corrected chi connectivity index (χ4v) is 3.21. The summed E-state index contributed by atoms with van der Waals surface area (Å²) in [4.78, 5) is 32.2. The Bertz CT molecular complexity index is 796. The molecule has 2 N–H and O–H groups in total. The first kappa shape index (κ1) is 17.2. The topological polar surface area (TPSA) is 79.5 Å². The van der Waals surface area contributed by atoms with Crippen molar-refractivity contribution in [1.82, 2.24) is 9.88 Å². The van der Waals surface area contributed by atoms with Gasteiger partial charge in [-0.2, -0.15) is 0 Å². The molecule has 1 aliphatic rings. The van der Waals surface area contributed by atoms with Crippen LogP contribution in [-0.4, -0.2) is 47.9 Å². The van der Waals surface area contributed by atoms with Gasteiger partial charge in [-0.15, -0.1) is 0 Å². The second kappa shape index (κ2) is 7.53. The molecule has 0 bridgehead atoms. The van der Waals surface area contributed by atoms with Crippen molar-refractivity contribution in [2.75, 3.05) is 31.1 Å². The van der Waals surface area contributed by atoms with E-state index in [0.29, 0.717) is 35.8 Å². The van der Waals surface area contributed by atoms with Gasteiger partial charge in [-0.1, -0.05) is 17.7 Å². The average molecular weight is 359 g/mol. The lowest BCUT2D eigenvalue weighted by Gasteiger charge is -2.25. The molecule has 1 aromatic heterocycles. The van der Waals surface area contributed by atoms with Gasteiger partial charge in [-0.3, -0.25) is 14.6 Å². The number of primary amides is 1. The predicted molar refractivity (Wildman–Crippen MR) is 96.9 cm³/mol. The lowest BCUT2D eigenvalue weighted by atomic mass is 10.2. The number of halogens is 1. The van der Waals surface area contributed by atoms with Crippen molar-refractivity contribution in [3.05, 3.63) is 58.9 Å². The number of benzene rings is 1. The average Bonchev–Trinajstić information content (AvgIpc) is 2.87. The van der Waals surface area contributed by atoms with E-state index in [2.05, 4.69) is 9.88 Å². The summed E-state index contributed by atoms with van der Waals surface area (Å²) in [6, 6.07) is 8.76. The number of rotatable bonds is 3. The maximum absolute atomic E-state index is 12.7. The number of anilines is 1. The number of hydrogen-bond acceptors (Lipinski definition) is 4. The maximum atomic E-state index is 12.7. The highest BCUT2D eigenvalue weighted by molar-refractivity contribution is 6.30. The van der Waals surface area contributed by atoms with E-state index in [9.17, 15) is 9.59 Å². The Labute approximate surface area is 151 Å². The summed E-state index contributed by atoms with van der Waals surface area (Å²) in [7, 11) is 0. The maximum Gasteiger partial charge on any atom is 0.253 e. The van der Waals surface area contributed by atoms with Crippen molar-refractivity contribution in [3.63, 3.8) is 0 Å². The van der Waals surface area contributed by atoms with Crippen molar-refractivity contribution in [3.8, 4) is 0 Å². The normalized spacial score (nSPS) is 14.9. The highest BCUT2D eigenvalue weighted by Crippen LogP contribution is 2.21. The van der Waals surface area contributed by atoms with Gasteiger partial charge in [-0.25, -0.2) is 0 Å². The molecule has 0 saturated carbocycles. The van der Waals surface area contributed by atoms with Gasteiger partial charge in [0.15, 0.2) is 0 Å². The molecule has 0 unspecified atom stereocenters. The monoisotopic (exact) mass is 358 g/mol. The van der Waals surface area contributed by atoms with Gasteiger partial charge in [0.25, 0.3) is 11.8 Å². The minimum Gasteiger partial charge on any atom is -0.369 e. The number of pyridine rings is 1. The number of carbonyl (C=O) groups is 2. The first-order valence-corrected chi connectivity index (χ1v) is 8.47. The van der Waals surface area contributed by atoms with Crippen LogP contribution in [0.3, 0.4) is 0 Å². The van der Waals surface area contributed by atoms with Gasteiger partial charge >= 0.3 is 0 Å².